The van der Waals surface area contributed by atoms with Gasteiger partial charge in [0.2, 0.25) is 0 Å². The number of anilines is 2. The van der Waals surface area contributed by atoms with E-state index in [-0.39, 0.29) is 0 Å². The summed E-state index contributed by atoms with van der Waals surface area (Å²) in [7, 11) is 3.75. The molecule has 2 aromatic heterocycles. The molecule has 4 aromatic rings. The molecule has 1 aliphatic rings. The molecule has 5 rings (SSSR count). The fourth-order valence-corrected chi connectivity index (χ4v) is 5.31. The Morgan fingerprint density at radius 3 is 2.79 bits per heavy atom. The summed E-state index contributed by atoms with van der Waals surface area (Å²) in [6, 6.07) is 15.3. The summed E-state index contributed by atoms with van der Waals surface area (Å²) in [5.74, 6) is 0. The number of aryl methyl sites for hydroxylation is 1. The number of ether oxygens (including phenoxy) is 1. The number of likely N-dealkylation sites (N-methyl/N-ethyl adjacent to an activating group) is 1. The van der Waals surface area contributed by atoms with E-state index < -0.39 is 0 Å². The van der Waals surface area contributed by atoms with Crippen LogP contribution < -0.4 is 10.2 Å². The zero-order valence-corrected chi connectivity index (χ0v) is 20.1. The Balaban J connectivity index is 1.60. The molecule has 33 heavy (non-hydrogen) atoms. The van der Waals surface area contributed by atoms with Crippen molar-refractivity contribution in [2.24, 2.45) is 0 Å². The summed E-state index contributed by atoms with van der Waals surface area (Å²) in [5.41, 5.74) is 7.24. The number of nitrogens with zero attached hydrogens (tertiary/aromatic N) is 4. The largest absolute Gasteiger partial charge is 0.388 e. The Morgan fingerprint density at radius 1 is 1.09 bits per heavy atom. The standard InChI is InChI=1S/C27H35N5O/c1-4-30(17-18-33-3)13-7-14-31-15-8-16-32-24-10-6-5-9-22(24)25-27(32)26(31)21-12-11-20(28-2)19-23(21)29-25/h5-6,9-12,19,28H,4,7-8,13-18H2,1-3H3. The first-order valence-corrected chi connectivity index (χ1v) is 12.2. The van der Waals surface area contributed by atoms with Crippen LogP contribution in [0.15, 0.2) is 42.5 Å². The van der Waals surface area contributed by atoms with E-state index in [1.54, 1.807) is 7.11 Å². The van der Waals surface area contributed by atoms with Gasteiger partial charge in [-0.2, -0.15) is 0 Å². The number of benzene rings is 2. The molecule has 0 unspecified atom stereocenters. The summed E-state index contributed by atoms with van der Waals surface area (Å²) >= 11 is 0. The summed E-state index contributed by atoms with van der Waals surface area (Å²) in [6.07, 6.45) is 2.28. The molecular formula is C27H35N5O. The number of para-hydroxylation sites is 1. The van der Waals surface area contributed by atoms with Crippen LogP contribution in [0.25, 0.3) is 32.8 Å². The van der Waals surface area contributed by atoms with Crippen LogP contribution in [0.2, 0.25) is 0 Å². The monoisotopic (exact) mass is 445 g/mol. The zero-order chi connectivity index (χ0) is 22.8. The molecule has 6 heteroatoms. The van der Waals surface area contributed by atoms with Crippen molar-refractivity contribution in [2.45, 2.75) is 26.3 Å². The van der Waals surface area contributed by atoms with E-state index in [1.807, 2.05) is 7.05 Å². The second-order valence-corrected chi connectivity index (χ2v) is 8.93. The van der Waals surface area contributed by atoms with Crippen molar-refractivity contribution in [3.8, 4) is 0 Å². The minimum atomic E-state index is 0.793. The van der Waals surface area contributed by atoms with Crippen LogP contribution in [0.3, 0.4) is 0 Å². The predicted molar refractivity (Wildman–Crippen MR) is 140 cm³/mol. The van der Waals surface area contributed by atoms with E-state index in [0.717, 1.165) is 75.4 Å². The molecule has 0 bridgehead atoms. The molecule has 0 fully saturated rings. The highest BCUT2D eigenvalue weighted by molar-refractivity contribution is 6.17. The lowest BCUT2D eigenvalue weighted by atomic mass is 10.1. The zero-order valence-electron chi connectivity index (χ0n) is 20.1. The van der Waals surface area contributed by atoms with Crippen LogP contribution in [0.5, 0.6) is 0 Å². The van der Waals surface area contributed by atoms with E-state index >= 15 is 0 Å². The second-order valence-electron chi connectivity index (χ2n) is 8.93. The maximum absolute atomic E-state index is 5.29. The van der Waals surface area contributed by atoms with E-state index in [0.29, 0.717) is 0 Å². The minimum Gasteiger partial charge on any atom is -0.388 e. The maximum Gasteiger partial charge on any atom is 0.0988 e. The van der Waals surface area contributed by atoms with Gasteiger partial charge >= 0.3 is 0 Å². The molecule has 174 valence electrons. The van der Waals surface area contributed by atoms with Crippen LogP contribution in [0.1, 0.15) is 19.8 Å². The third kappa shape index (κ3) is 4.02. The summed E-state index contributed by atoms with van der Waals surface area (Å²) in [6.45, 7) is 9.33. The number of rotatable bonds is 9. The lowest BCUT2D eigenvalue weighted by Gasteiger charge is -2.27. The number of fused-ring (bicyclic) bond motifs is 5. The van der Waals surface area contributed by atoms with E-state index in [9.17, 15) is 0 Å². The molecule has 3 heterocycles. The summed E-state index contributed by atoms with van der Waals surface area (Å²) < 4.78 is 7.80. The minimum absolute atomic E-state index is 0.793. The Kier molecular flexibility index (Phi) is 6.38. The first-order valence-electron chi connectivity index (χ1n) is 12.2. The van der Waals surface area contributed by atoms with Crippen LogP contribution in [-0.2, 0) is 11.3 Å². The molecule has 0 saturated carbocycles. The molecule has 0 radical (unpaired) electrons. The molecule has 0 spiro atoms. The van der Waals surface area contributed by atoms with Gasteiger partial charge in [-0.3, -0.25) is 0 Å². The van der Waals surface area contributed by atoms with Gasteiger partial charge in [0.05, 0.1) is 34.4 Å². The Labute approximate surface area is 196 Å². The number of aromatic nitrogens is 2. The average molecular weight is 446 g/mol. The third-order valence-electron chi connectivity index (χ3n) is 7.03. The van der Waals surface area contributed by atoms with Crippen molar-refractivity contribution in [1.29, 1.82) is 0 Å². The van der Waals surface area contributed by atoms with Crippen molar-refractivity contribution in [1.82, 2.24) is 14.5 Å². The SMILES string of the molecule is CCN(CCCN1CCCn2c3ccccc3c3nc4cc(NC)ccc4c1c32)CCOC. The van der Waals surface area contributed by atoms with Crippen molar-refractivity contribution >= 4 is 44.2 Å². The van der Waals surface area contributed by atoms with Crippen LogP contribution in [-0.4, -0.2) is 67.9 Å². The van der Waals surface area contributed by atoms with Crippen LogP contribution in [0.4, 0.5) is 11.4 Å². The van der Waals surface area contributed by atoms with Gasteiger partial charge in [-0.25, -0.2) is 4.98 Å². The van der Waals surface area contributed by atoms with E-state index in [4.69, 9.17) is 9.72 Å². The van der Waals surface area contributed by atoms with Crippen LogP contribution >= 0.6 is 0 Å². The Morgan fingerprint density at radius 2 is 1.97 bits per heavy atom. The quantitative estimate of drug-likeness (QED) is 0.395. The van der Waals surface area contributed by atoms with Gasteiger partial charge in [-0.1, -0.05) is 25.1 Å². The highest BCUT2D eigenvalue weighted by atomic mass is 16.5. The topological polar surface area (TPSA) is 45.6 Å². The molecule has 0 saturated heterocycles. The molecule has 6 nitrogen and oxygen atoms in total. The van der Waals surface area contributed by atoms with Crippen LogP contribution in [0, 0.1) is 0 Å². The van der Waals surface area contributed by atoms with Crippen molar-refractivity contribution in [3.05, 3.63) is 42.5 Å². The summed E-state index contributed by atoms with van der Waals surface area (Å²) in [4.78, 5) is 10.3. The van der Waals surface area contributed by atoms with Gasteiger partial charge in [-0.05, 0) is 50.2 Å². The van der Waals surface area contributed by atoms with Gasteiger partial charge in [0.1, 0.15) is 0 Å². The first kappa shape index (κ1) is 22.0. The highest BCUT2D eigenvalue weighted by Gasteiger charge is 2.24. The molecule has 0 amide bonds. The second kappa shape index (κ2) is 9.57. The van der Waals surface area contributed by atoms with Gasteiger partial charge < -0.3 is 24.4 Å². The fraction of sp³-hybridized carbons (Fsp3) is 0.444. The van der Waals surface area contributed by atoms with Gasteiger partial charge in [0.25, 0.3) is 0 Å². The maximum atomic E-state index is 5.29. The number of hydrogen-bond donors (Lipinski definition) is 1. The lowest BCUT2D eigenvalue weighted by molar-refractivity contribution is 0.150. The Bertz CT molecular complexity index is 1260. The lowest BCUT2D eigenvalue weighted by Crippen LogP contribution is -2.32. The van der Waals surface area contributed by atoms with E-state index in [2.05, 4.69) is 69.1 Å². The molecule has 1 N–H and O–H groups in total. The third-order valence-corrected chi connectivity index (χ3v) is 7.03. The molecular weight excluding hydrogens is 410 g/mol. The number of pyridine rings is 1. The van der Waals surface area contributed by atoms with Crippen molar-refractivity contribution < 1.29 is 4.74 Å². The van der Waals surface area contributed by atoms with E-state index in [1.165, 1.54) is 27.5 Å². The molecule has 1 aliphatic heterocycles. The smallest absolute Gasteiger partial charge is 0.0988 e. The summed E-state index contributed by atoms with van der Waals surface area (Å²) in [5, 5.41) is 5.78. The molecule has 2 aromatic carbocycles. The predicted octanol–water partition coefficient (Wildman–Crippen LogP) is 4.95. The molecule has 0 atom stereocenters. The first-order chi connectivity index (χ1) is 16.2. The van der Waals surface area contributed by atoms with Gasteiger partial charge in [0, 0.05) is 56.8 Å². The normalized spacial score (nSPS) is 14.0. The van der Waals surface area contributed by atoms with Gasteiger partial charge in [0.15, 0.2) is 0 Å². The number of nitrogens with one attached hydrogen (secondary N) is 1. The van der Waals surface area contributed by atoms with Crippen molar-refractivity contribution in [3.63, 3.8) is 0 Å². The van der Waals surface area contributed by atoms with Gasteiger partial charge in [-0.15, -0.1) is 0 Å². The number of hydrogen-bond acceptors (Lipinski definition) is 5. The Hall–Kier alpha value is -2.83. The fourth-order valence-electron chi connectivity index (χ4n) is 5.31. The highest BCUT2D eigenvalue weighted by Crippen LogP contribution is 2.41. The number of methoxy groups -OCH3 is 1. The van der Waals surface area contributed by atoms with Crippen molar-refractivity contribution in [2.75, 3.05) is 63.7 Å². The average Bonchev–Trinajstić information content (AvgIpc) is 3.03. The molecule has 0 aliphatic carbocycles.